The number of aromatic nitrogens is 2. The number of aryl methyl sites for hydroxylation is 1. The molecular formula is C10H16N4. The van der Waals surface area contributed by atoms with Crippen LogP contribution in [0.15, 0.2) is 12.3 Å². The maximum atomic E-state index is 5.74. The third-order valence-electron chi connectivity index (χ3n) is 2.89. The van der Waals surface area contributed by atoms with Crippen LogP contribution in [0.1, 0.15) is 24.8 Å². The Hall–Kier alpha value is -1.16. The molecule has 0 aromatic carbocycles. The predicted octanol–water partition coefficient (Wildman–Crippen LogP) is 1.08. The molecule has 1 aromatic rings. The molecule has 1 fully saturated rings. The first-order valence-corrected chi connectivity index (χ1v) is 5.02. The average molecular weight is 192 g/mol. The van der Waals surface area contributed by atoms with Crippen LogP contribution in [-0.2, 0) is 0 Å². The second kappa shape index (κ2) is 3.53. The van der Waals surface area contributed by atoms with Crippen molar-refractivity contribution in [3.8, 4) is 0 Å². The molecule has 4 heteroatoms. The minimum atomic E-state index is 0.0858. The zero-order chi connectivity index (χ0) is 10.0. The third kappa shape index (κ3) is 1.70. The normalized spacial score (nSPS) is 18.7. The summed E-state index contributed by atoms with van der Waals surface area (Å²) in [5.41, 5.74) is 6.95. The summed E-state index contributed by atoms with van der Waals surface area (Å²) in [6.07, 6.45) is 5.28. The number of anilines is 1. The number of rotatable bonds is 3. The van der Waals surface area contributed by atoms with Crippen LogP contribution in [-0.4, -0.2) is 22.3 Å². The van der Waals surface area contributed by atoms with Gasteiger partial charge in [-0.15, -0.1) is 5.10 Å². The van der Waals surface area contributed by atoms with Crippen LogP contribution in [0.5, 0.6) is 0 Å². The summed E-state index contributed by atoms with van der Waals surface area (Å²) in [5.74, 6) is 0.843. The van der Waals surface area contributed by atoms with Crippen molar-refractivity contribution in [1.29, 1.82) is 0 Å². The Morgan fingerprint density at radius 1 is 1.57 bits per heavy atom. The van der Waals surface area contributed by atoms with Gasteiger partial charge in [0, 0.05) is 6.54 Å². The van der Waals surface area contributed by atoms with E-state index >= 15 is 0 Å². The van der Waals surface area contributed by atoms with E-state index in [1.807, 2.05) is 13.0 Å². The Kier molecular flexibility index (Phi) is 2.37. The van der Waals surface area contributed by atoms with E-state index in [2.05, 4.69) is 15.5 Å². The van der Waals surface area contributed by atoms with Crippen LogP contribution in [0.3, 0.4) is 0 Å². The first kappa shape index (κ1) is 9.40. The van der Waals surface area contributed by atoms with Crippen molar-refractivity contribution < 1.29 is 0 Å². The molecule has 3 N–H and O–H groups in total. The summed E-state index contributed by atoms with van der Waals surface area (Å²) in [4.78, 5) is 0. The largest absolute Gasteiger partial charge is 0.362 e. The molecule has 1 heterocycles. The topological polar surface area (TPSA) is 63.8 Å². The number of hydrogen-bond acceptors (Lipinski definition) is 4. The standard InChI is InChI=1S/C10H16N4/c1-8-5-9(14-12-6-8)13-10(7-11)3-2-4-10/h5-6H,2-4,7,11H2,1H3,(H,13,14). The van der Waals surface area contributed by atoms with Crippen LogP contribution in [0, 0.1) is 6.92 Å². The zero-order valence-corrected chi connectivity index (χ0v) is 8.45. The van der Waals surface area contributed by atoms with E-state index in [-0.39, 0.29) is 5.54 Å². The number of nitrogens with one attached hydrogen (secondary N) is 1. The number of hydrogen-bond donors (Lipinski definition) is 2. The molecule has 0 saturated heterocycles. The second-order valence-electron chi connectivity index (χ2n) is 4.08. The van der Waals surface area contributed by atoms with Gasteiger partial charge in [-0.05, 0) is 37.8 Å². The van der Waals surface area contributed by atoms with Crippen LogP contribution in [0.25, 0.3) is 0 Å². The minimum Gasteiger partial charge on any atom is -0.362 e. The van der Waals surface area contributed by atoms with Gasteiger partial charge in [0.25, 0.3) is 0 Å². The smallest absolute Gasteiger partial charge is 0.149 e. The van der Waals surface area contributed by atoms with E-state index in [0.717, 1.165) is 24.2 Å². The molecule has 0 unspecified atom stereocenters. The molecular weight excluding hydrogens is 176 g/mol. The predicted molar refractivity (Wildman–Crippen MR) is 56.0 cm³/mol. The number of nitrogens with two attached hydrogens (primary N) is 1. The van der Waals surface area contributed by atoms with Crippen molar-refractivity contribution in [3.05, 3.63) is 17.8 Å². The van der Waals surface area contributed by atoms with Crippen molar-refractivity contribution >= 4 is 5.82 Å². The average Bonchev–Trinajstić information content (AvgIpc) is 2.11. The quantitative estimate of drug-likeness (QED) is 0.752. The highest BCUT2D eigenvalue weighted by molar-refractivity contribution is 5.39. The van der Waals surface area contributed by atoms with Crippen molar-refractivity contribution in [2.45, 2.75) is 31.7 Å². The first-order chi connectivity index (χ1) is 6.74. The van der Waals surface area contributed by atoms with Gasteiger partial charge in [0.15, 0.2) is 0 Å². The molecule has 14 heavy (non-hydrogen) atoms. The Bertz CT molecular complexity index is 314. The van der Waals surface area contributed by atoms with Crippen molar-refractivity contribution in [3.63, 3.8) is 0 Å². The summed E-state index contributed by atoms with van der Waals surface area (Å²) in [6, 6.07) is 2.00. The highest BCUT2D eigenvalue weighted by atomic mass is 15.2. The molecule has 1 aliphatic rings. The first-order valence-electron chi connectivity index (χ1n) is 5.02. The van der Waals surface area contributed by atoms with Gasteiger partial charge in [0.1, 0.15) is 5.82 Å². The molecule has 4 nitrogen and oxygen atoms in total. The summed E-state index contributed by atoms with van der Waals surface area (Å²) in [7, 11) is 0. The molecule has 2 rings (SSSR count). The molecule has 0 aliphatic heterocycles. The summed E-state index contributed by atoms with van der Waals surface area (Å²) >= 11 is 0. The molecule has 1 aromatic heterocycles. The monoisotopic (exact) mass is 192 g/mol. The van der Waals surface area contributed by atoms with E-state index in [0.29, 0.717) is 6.54 Å². The van der Waals surface area contributed by atoms with Gasteiger partial charge in [0.2, 0.25) is 0 Å². The zero-order valence-electron chi connectivity index (χ0n) is 8.45. The lowest BCUT2D eigenvalue weighted by Crippen LogP contribution is -2.51. The second-order valence-corrected chi connectivity index (χ2v) is 4.08. The Labute approximate surface area is 83.9 Å². The highest BCUT2D eigenvalue weighted by Crippen LogP contribution is 2.33. The molecule has 76 valence electrons. The lowest BCUT2D eigenvalue weighted by molar-refractivity contribution is 0.286. The SMILES string of the molecule is Cc1cnnc(NC2(CN)CCC2)c1. The van der Waals surface area contributed by atoms with Crippen LogP contribution >= 0.6 is 0 Å². The van der Waals surface area contributed by atoms with Crippen LogP contribution in [0.2, 0.25) is 0 Å². The van der Waals surface area contributed by atoms with Crippen molar-refractivity contribution in [2.24, 2.45) is 5.73 Å². The van der Waals surface area contributed by atoms with Crippen LogP contribution in [0.4, 0.5) is 5.82 Å². The molecule has 0 bridgehead atoms. The Morgan fingerprint density at radius 2 is 2.36 bits per heavy atom. The lowest BCUT2D eigenvalue weighted by Gasteiger charge is -2.41. The van der Waals surface area contributed by atoms with Gasteiger partial charge in [-0.3, -0.25) is 0 Å². The molecule has 1 saturated carbocycles. The molecule has 0 radical (unpaired) electrons. The third-order valence-corrected chi connectivity index (χ3v) is 2.89. The Balaban J connectivity index is 2.09. The van der Waals surface area contributed by atoms with E-state index in [1.54, 1.807) is 6.20 Å². The van der Waals surface area contributed by atoms with Gasteiger partial charge in [-0.2, -0.15) is 5.10 Å². The van der Waals surface area contributed by atoms with E-state index in [9.17, 15) is 0 Å². The molecule has 1 aliphatic carbocycles. The maximum Gasteiger partial charge on any atom is 0.149 e. The summed E-state index contributed by atoms with van der Waals surface area (Å²) in [5, 5.41) is 11.3. The highest BCUT2D eigenvalue weighted by Gasteiger charge is 2.35. The Morgan fingerprint density at radius 3 is 2.86 bits per heavy atom. The van der Waals surface area contributed by atoms with E-state index in [4.69, 9.17) is 5.73 Å². The molecule has 0 spiro atoms. The van der Waals surface area contributed by atoms with Gasteiger partial charge < -0.3 is 11.1 Å². The van der Waals surface area contributed by atoms with Gasteiger partial charge in [0.05, 0.1) is 11.7 Å². The van der Waals surface area contributed by atoms with Crippen molar-refractivity contribution in [1.82, 2.24) is 10.2 Å². The summed E-state index contributed by atoms with van der Waals surface area (Å²) < 4.78 is 0. The molecule has 0 atom stereocenters. The number of nitrogens with zero attached hydrogens (tertiary/aromatic N) is 2. The van der Waals surface area contributed by atoms with E-state index < -0.39 is 0 Å². The fourth-order valence-corrected chi connectivity index (χ4v) is 1.78. The maximum absolute atomic E-state index is 5.74. The van der Waals surface area contributed by atoms with Gasteiger partial charge in [-0.1, -0.05) is 0 Å². The fraction of sp³-hybridized carbons (Fsp3) is 0.600. The fourth-order valence-electron chi connectivity index (χ4n) is 1.78. The van der Waals surface area contributed by atoms with Gasteiger partial charge in [-0.25, -0.2) is 0 Å². The summed E-state index contributed by atoms with van der Waals surface area (Å²) in [6.45, 7) is 2.68. The van der Waals surface area contributed by atoms with E-state index in [1.165, 1.54) is 6.42 Å². The van der Waals surface area contributed by atoms with Crippen molar-refractivity contribution in [2.75, 3.05) is 11.9 Å². The van der Waals surface area contributed by atoms with Crippen LogP contribution < -0.4 is 11.1 Å². The van der Waals surface area contributed by atoms with Gasteiger partial charge >= 0.3 is 0 Å². The molecule has 0 amide bonds. The lowest BCUT2D eigenvalue weighted by atomic mass is 9.77. The minimum absolute atomic E-state index is 0.0858.